The zero-order valence-corrected chi connectivity index (χ0v) is 12.8. The molecule has 2 aromatic rings. The first-order valence-electron chi connectivity index (χ1n) is 6.92. The van der Waals surface area contributed by atoms with Crippen LogP contribution < -0.4 is 0 Å². The zero-order chi connectivity index (χ0) is 14.7. The summed E-state index contributed by atoms with van der Waals surface area (Å²) in [5.41, 5.74) is 3.77. The number of hydrogen-bond acceptors (Lipinski definition) is 3. The summed E-state index contributed by atoms with van der Waals surface area (Å²) < 4.78 is 0. The third-order valence-corrected chi connectivity index (χ3v) is 3.66. The van der Waals surface area contributed by atoms with Gasteiger partial charge in [0.05, 0.1) is 4.92 Å². The Morgan fingerprint density at radius 1 is 1.09 bits per heavy atom. The third-order valence-electron chi connectivity index (χ3n) is 3.66. The molecule has 0 fully saturated rings. The maximum absolute atomic E-state index is 10.7. The molecule has 114 valence electrons. The number of fused-ring (bicyclic) bond motifs is 1. The van der Waals surface area contributed by atoms with Gasteiger partial charge in [-0.15, -0.1) is 12.4 Å². The lowest BCUT2D eigenvalue weighted by molar-refractivity contribution is -0.384. The molecule has 4 nitrogen and oxygen atoms in total. The predicted octanol–water partition coefficient (Wildman–Crippen LogP) is 4.05. The van der Waals surface area contributed by atoms with Crippen molar-refractivity contribution in [3.63, 3.8) is 0 Å². The number of rotatable bonds is 4. The third kappa shape index (κ3) is 3.72. The molecule has 0 N–H and O–H groups in total. The second-order valence-electron chi connectivity index (χ2n) is 5.19. The van der Waals surface area contributed by atoms with Crippen molar-refractivity contribution in [1.29, 1.82) is 0 Å². The first-order chi connectivity index (χ1) is 10.2. The summed E-state index contributed by atoms with van der Waals surface area (Å²) in [5, 5.41) is 10.7. The van der Waals surface area contributed by atoms with Crippen LogP contribution in [0.15, 0.2) is 54.6 Å². The van der Waals surface area contributed by atoms with E-state index in [-0.39, 0.29) is 23.0 Å². The monoisotopic (exact) mass is 316 g/mol. The minimum absolute atomic E-state index is 0. The highest BCUT2D eigenvalue weighted by Gasteiger charge is 2.16. The van der Waals surface area contributed by atoms with Gasteiger partial charge in [0.1, 0.15) is 0 Å². The quantitative estimate of drug-likeness (QED) is 0.631. The highest BCUT2D eigenvalue weighted by atomic mass is 35.5. The maximum Gasteiger partial charge on any atom is 0.270 e. The zero-order valence-electron chi connectivity index (χ0n) is 12.0. The first kappa shape index (κ1) is 16.2. The summed E-state index contributed by atoms with van der Waals surface area (Å²) in [5.74, 6) is 0. The van der Waals surface area contributed by atoms with E-state index < -0.39 is 0 Å². The fraction of sp³-hybridized carbons (Fsp3) is 0.176. The van der Waals surface area contributed by atoms with Gasteiger partial charge in [0, 0.05) is 31.8 Å². The molecule has 0 saturated carbocycles. The Morgan fingerprint density at radius 3 is 2.41 bits per heavy atom. The number of hydrogen-bond donors (Lipinski definition) is 0. The molecule has 1 heterocycles. The molecule has 1 aliphatic rings. The van der Waals surface area contributed by atoms with E-state index in [1.165, 1.54) is 17.2 Å². The lowest BCUT2D eigenvalue weighted by Gasteiger charge is -2.11. The Labute approximate surface area is 135 Å². The molecule has 22 heavy (non-hydrogen) atoms. The lowest BCUT2D eigenvalue weighted by atomic mass is 10.1. The van der Waals surface area contributed by atoms with E-state index >= 15 is 0 Å². The van der Waals surface area contributed by atoms with E-state index in [1.807, 2.05) is 12.1 Å². The van der Waals surface area contributed by atoms with Gasteiger partial charge in [-0.05, 0) is 16.7 Å². The molecule has 0 amide bonds. The van der Waals surface area contributed by atoms with E-state index in [4.69, 9.17) is 0 Å². The number of nitrogens with zero attached hydrogens (tertiary/aromatic N) is 2. The molecule has 0 aromatic heterocycles. The molecule has 0 radical (unpaired) electrons. The number of nitro groups is 1. The van der Waals surface area contributed by atoms with Crippen LogP contribution in [0.2, 0.25) is 0 Å². The van der Waals surface area contributed by atoms with Crippen LogP contribution in [0.4, 0.5) is 5.69 Å². The van der Waals surface area contributed by atoms with Crippen molar-refractivity contribution in [3.05, 3.63) is 81.4 Å². The Balaban J connectivity index is 0.00000176. The van der Waals surface area contributed by atoms with Gasteiger partial charge in [-0.3, -0.25) is 15.0 Å². The maximum atomic E-state index is 10.7. The average Bonchev–Trinajstić information content (AvgIpc) is 2.90. The van der Waals surface area contributed by atoms with Gasteiger partial charge in [-0.1, -0.05) is 48.6 Å². The van der Waals surface area contributed by atoms with Gasteiger partial charge in [-0.2, -0.15) is 0 Å². The number of halogens is 1. The van der Waals surface area contributed by atoms with Gasteiger partial charge < -0.3 is 0 Å². The van der Waals surface area contributed by atoms with E-state index in [0.29, 0.717) is 0 Å². The highest BCUT2D eigenvalue weighted by molar-refractivity contribution is 5.85. The average molecular weight is 317 g/mol. The van der Waals surface area contributed by atoms with Crippen LogP contribution in [0.25, 0.3) is 6.08 Å². The lowest BCUT2D eigenvalue weighted by Crippen LogP contribution is -2.15. The molecule has 0 unspecified atom stereocenters. The van der Waals surface area contributed by atoms with E-state index in [0.717, 1.165) is 25.2 Å². The Hall–Kier alpha value is -2.17. The summed E-state index contributed by atoms with van der Waals surface area (Å²) >= 11 is 0. The molecular weight excluding hydrogens is 300 g/mol. The van der Waals surface area contributed by atoms with Crippen LogP contribution >= 0.6 is 12.4 Å². The highest BCUT2D eigenvalue weighted by Crippen LogP contribution is 2.22. The molecule has 0 saturated heterocycles. The summed E-state index contributed by atoms with van der Waals surface area (Å²) in [6, 6.07) is 15.2. The van der Waals surface area contributed by atoms with Crippen LogP contribution in [-0.4, -0.2) is 16.4 Å². The second kappa shape index (κ2) is 7.20. The second-order valence-corrected chi connectivity index (χ2v) is 5.19. The molecule has 0 bridgehead atoms. The van der Waals surface area contributed by atoms with Crippen LogP contribution in [0, 0.1) is 10.1 Å². The van der Waals surface area contributed by atoms with Crippen molar-refractivity contribution in [2.45, 2.75) is 13.1 Å². The van der Waals surface area contributed by atoms with Crippen molar-refractivity contribution < 1.29 is 4.92 Å². The summed E-state index contributed by atoms with van der Waals surface area (Å²) in [6.07, 6.45) is 4.00. The molecule has 3 rings (SSSR count). The van der Waals surface area contributed by atoms with Gasteiger partial charge >= 0.3 is 0 Å². The fourth-order valence-electron chi connectivity index (χ4n) is 2.61. The van der Waals surface area contributed by atoms with Crippen molar-refractivity contribution >= 4 is 24.2 Å². The van der Waals surface area contributed by atoms with Gasteiger partial charge in [0.2, 0.25) is 0 Å². The van der Waals surface area contributed by atoms with E-state index in [2.05, 4.69) is 35.2 Å². The van der Waals surface area contributed by atoms with Crippen molar-refractivity contribution in [3.8, 4) is 0 Å². The predicted molar refractivity (Wildman–Crippen MR) is 89.9 cm³/mol. The Morgan fingerprint density at radius 2 is 1.77 bits per heavy atom. The van der Waals surface area contributed by atoms with Crippen LogP contribution in [0.1, 0.15) is 16.7 Å². The minimum atomic E-state index is -0.367. The van der Waals surface area contributed by atoms with Gasteiger partial charge in [0.25, 0.3) is 5.69 Å². The van der Waals surface area contributed by atoms with Crippen LogP contribution in [0.5, 0.6) is 0 Å². The number of non-ortho nitro benzene ring substituents is 1. The fourth-order valence-corrected chi connectivity index (χ4v) is 2.61. The van der Waals surface area contributed by atoms with Crippen LogP contribution in [-0.2, 0) is 13.1 Å². The SMILES string of the molecule is Cl.O=[N+]([O-])c1cccc(C=CCN2Cc3ccccc3C2)c1. The smallest absolute Gasteiger partial charge is 0.270 e. The van der Waals surface area contributed by atoms with Crippen LogP contribution in [0.3, 0.4) is 0 Å². The minimum Gasteiger partial charge on any atom is -0.291 e. The van der Waals surface area contributed by atoms with Crippen molar-refractivity contribution in [1.82, 2.24) is 4.90 Å². The number of benzene rings is 2. The standard InChI is InChI=1S/C17H16N2O2.ClH/c20-19(21)17-9-3-5-14(11-17)6-4-10-18-12-15-7-1-2-8-16(15)13-18;/h1-9,11H,10,12-13H2;1H. The van der Waals surface area contributed by atoms with Crippen molar-refractivity contribution in [2.24, 2.45) is 0 Å². The normalized spacial score (nSPS) is 13.8. The topological polar surface area (TPSA) is 46.4 Å². The summed E-state index contributed by atoms with van der Waals surface area (Å²) in [7, 11) is 0. The molecule has 5 heteroatoms. The van der Waals surface area contributed by atoms with Gasteiger partial charge in [0.15, 0.2) is 0 Å². The van der Waals surface area contributed by atoms with Gasteiger partial charge in [-0.25, -0.2) is 0 Å². The molecular formula is C17H17ClN2O2. The van der Waals surface area contributed by atoms with E-state index in [9.17, 15) is 10.1 Å². The Kier molecular flexibility index (Phi) is 5.31. The molecule has 2 aromatic carbocycles. The largest absolute Gasteiger partial charge is 0.291 e. The molecule has 0 atom stereocenters. The first-order valence-corrected chi connectivity index (χ1v) is 6.92. The summed E-state index contributed by atoms with van der Waals surface area (Å²) in [6.45, 7) is 2.78. The Bertz CT molecular complexity index is 676. The summed E-state index contributed by atoms with van der Waals surface area (Å²) in [4.78, 5) is 12.7. The molecule has 0 aliphatic carbocycles. The number of nitro benzene ring substituents is 1. The van der Waals surface area contributed by atoms with Crippen molar-refractivity contribution in [2.75, 3.05) is 6.54 Å². The molecule has 0 spiro atoms. The molecule has 1 aliphatic heterocycles. The van der Waals surface area contributed by atoms with E-state index in [1.54, 1.807) is 12.1 Å².